The van der Waals surface area contributed by atoms with Crippen molar-refractivity contribution in [2.75, 3.05) is 6.54 Å². The maximum Gasteiger partial charge on any atom is 0.408 e. The molecule has 3 amide bonds. The molecule has 1 fully saturated rings. The van der Waals surface area contributed by atoms with Crippen LogP contribution in [0, 0.1) is 19.8 Å². The van der Waals surface area contributed by atoms with E-state index in [-0.39, 0.29) is 23.8 Å². The number of hydrogen-bond donors (Lipinski definition) is 2. The number of alkyl carbamates (subject to hydrolysis) is 1. The maximum absolute atomic E-state index is 14.0. The molecule has 1 aromatic carbocycles. The summed E-state index contributed by atoms with van der Waals surface area (Å²) in [6.45, 7) is 15.8. The second-order valence-corrected chi connectivity index (χ2v) is 11.0. The predicted octanol–water partition coefficient (Wildman–Crippen LogP) is 5.19. The van der Waals surface area contributed by atoms with Crippen LogP contribution in [0.5, 0.6) is 0 Å². The van der Waals surface area contributed by atoms with Gasteiger partial charge >= 0.3 is 6.09 Å². The molecular weight excluding hydrogens is 442 g/mol. The summed E-state index contributed by atoms with van der Waals surface area (Å²) in [5.74, 6) is -0.596. The van der Waals surface area contributed by atoms with E-state index in [1.807, 2.05) is 45.9 Å². The molecular formula is C28H45N3O4. The van der Waals surface area contributed by atoms with Gasteiger partial charge in [-0.1, -0.05) is 51.8 Å². The molecule has 0 spiro atoms. The Bertz CT molecular complexity index is 887. The molecule has 0 aromatic heterocycles. The Labute approximate surface area is 211 Å². The summed E-state index contributed by atoms with van der Waals surface area (Å²) in [4.78, 5) is 42.0. The van der Waals surface area contributed by atoms with Gasteiger partial charge in [0.1, 0.15) is 17.7 Å². The molecule has 2 atom stereocenters. The molecule has 7 nitrogen and oxygen atoms in total. The van der Waals surface area contributed by atoms with Crippen LogP contribution in [0.4, 0.5) is 4.79 Å². The lowest BCUT2D eigenvalue weighted by Gasteiger charge is -2.36. The van der Waals surface area contributed by atoms with E-state index in [1.54, 1.807) is 25.7 Å². The Balaban J connectivity index is 2.43. The average molecular weight is 488 g/mol. The number of aryl methyl sites for hydroxylation is 1. The van der Waals surface area contributed by atoms with E-state index in [4.69, 9.17) is 4.74 Å². The first-order valence-electron chi connectivity index (χ1n) is 13.0. The smallest absolute Gasteiger partial charge is 0.408 e. The zero-order chi connectivity index (χ0) is 26.3. The van der Waals surface area contributed by atoms with Gasteiger partial charge in [0.25, 0.3) is 0 Å². The van der Waals surface area contributed by atoms with Crippen LogP contribution >= 0.6 is 0 Å². The number of ether oxygens (including phenoxy) is 1. The molecule has 196 valence electrons. The minimum absolute atomic E-state index is 0.0320. The van der Waals surface area contributed by atoms with Gasteiger partial charge in [-0.15, -0.1) is 0 Å². The summed E-state index contributed by atoms with van der Waals surface area (Å²) in [6.07, 6.45) is 4.05. The van der Waals surface area contributed by atoms with E-state index in [0.717, 1.165) is 48.8 Å². The third-order valence-corrected chi connectivity index (χ3v) is 6.35. The standard InChI is InChI=1S/C28H45N3O4/c1-9-10-11-17-29-25(32)24(22-14-12-13-19(4)20(22)5)31(21-15-16-21)26(33)23(18(2)3)30-27(34)35-28(6,7)8/h12-14,18,21,23-24H,9-11,15-17H2,1-8H3,(H,29,32)(H,30,34). The SMILES string of the molecule is CCCCCNC(=O)C(c1cccc(C)c1C)N(C(=O)C(NC(=O)OC(C)(C)C)C(C)C)C1CC1. The molecule has 2 N–H and O–H groups in total. The van der Waals surface area contributed by atoms with Crippen molar-refractivity contribution < 1.29 is 19.1 Å². The zero-order valence-electron chi connectivity index (χ0n) is 22.9. The summed E-state index contributed by atoms with van der Waals surface area (Å²) in [6, 6.07) is 4.30. The topological polar surface area (TPSA) is 87.7 Å². The average Bonchev–Trinajstić information content (AvgIpc) is 3.58. The van der Waals surface area contributed by atoms with Crippen LogP contribution in [0.3, 0.4) is 0 Å². The highest BCUT2D eigenvalue weighted by molar-refractivity contribution is 5.93. The van der Waals surface area contributed by atoms with Crippen LogP contribution in [0.1, 0.15) is 96.4 Å². The number of nitrogens with zero attached hydrogens (tertiary/aromatic N) is 1. The van der Waals surface area contributed by atoms with Gasteiger partial charge in [-0.2, -0.15) is 0 Å². The number of benzene rings is 1. The van der Waals surface area contributed by atoms with Gasteiger partial charge in [0.15, 0.2) is 0 Å². The third-order valence-electron chi connectivity index (χ3n) is 6.35. The van der Waals surface area contributed by atoms with Crippen molar-refractivity contribution in [3.63, 3.8) is 0 Å². The second-order valence-electron chi connectivity index (χ2n) is 11.0. The Morgan fingerprint density at radius 3 is 2.31 bits per heavy atom. The lowest BCUT2D eigenvalue weighted by molar-refractivity contribution is -0.144. The third kappa shape index (κ3) is 8.25. The largest absolute Gasteiger partial charge is 0.444 e. The quantitative estimate of drug-likeness (QED) is 0.421. The van der Waals surface area contributed by atoms with Crippen molar-refractivity contribution in [2.45, 2.75) is 111 Å². The Hall–Kier alpha value is -2.57. The summed E-state index contributed by atoms with van der Waals surface area (Å²) in [7, 11) is 0. The van der Waals surface area contributed by atoms with Crippen molar-refractivity contribution in [2.24, 2.45) is 5.92 Å². The molecule has 0 aliphatic heterocycles. The van der Waals surface area contributed by atoms with Gasteiger partial charge in [0.2, 0.25) is 11.8 Å². The molecule has 35 heavy (non-hydrogen) atoms. The lowest BCUT2D eigenvalue weighted by atomic mass is 9.94. The van der Waals surface area contributed by atoms with E-state index in [0.29, 0.717) is 6.54 Å². The first-order chi connectivity index (χ1) is 16.4. The van der Waals surface area contributed by atoms with Crippen LogP contribution in [0.2, 0.25) is 0 Å². The van der Waals surface area contributed by atoms with Gasteiger partial charge in [-0.3, -0.25) is 9.59 Å². The van der Waals surface area contributed by atoms with Gasteiger partial charge in [-0.05, 0) is 76.5 Å². The fourth-order valence-electron chi connectivity index (χ4n) is 4.15. The minimum atomic E-state index is -0.800. The Morgan fingerprint density at radius 2 is 1.77 bits per heavy atom. The van der Waals surface area contributed by atoms with Gasteiger partial charge in [-0.25, -0.2) is 4.79 Å². The number of amides is 3. The van der Waals surface area contributed by atoms with Gasteiger partial charge in [0.05, 0.1) is 0 Å². The van der Waals surface area contributed by atoms with Crippen molar-refractivity contribution in [3.8, 4) is 0 Å². The maximum atomic E-state index is 14.0. The molecule has 0 heterocycles. The first-order valence-corrected chi connectivity index (χ1v) is 13.0. The molecule has 1 saturated carbocycles. The van der Waals surface area contributed by atoms with E-state index < -0.39 is 23.8 Å². The molecule has 2 rings (SSSR count). The summed E-state index contributed by atoms with van der Waals surface area (Å²) < 4.78 is 5.43. The Kier molecular flexibility index (Phi) is 10.2. The number of rotatable bonds is 11. The molecule has 2 unspecified atom stereocenters. The summed E-state index contributed by atoms with van der Waals surface area (Å²) in [5.41, 5.74) is 2.23. The van der Waals surface area contributed by atoms with Crippen LogP contribution in [0.15, 0.2) is 18.2 Å². The Morgan fingerprint density at radius 1 is 1.11 bits per heavy atom. The van der Waals surface area contributed by atoms with Crippen LogP contribution in [-0.2, 0) is 14.3 Å². The minimum Gasteiger partial charge on any atom is -0.444 e. The predicted molar refractivity (Wildman–Crippen MR) is 139 cm³/mol. The lowest BCUT2D eigenvalue weighted by Crippen LogP contribution is -2.55. The van der Waals surface area contributed by atoms with Crippen molar-refractivity contribution in [3.05, 3.63) is 34.9 Å². The van der Waals surface area contributed by atoms with E-state index >= 15 is 0 Å². The van der Waals surface area contributed by atoms with Crippen LogP contribution in [-0.4, -0.2) is 47.0 Å². The summed E-state index contributed by atoms with van der Waals surface area (Å²) in [5, 5.41) is 5.86. The van der Waals surface area contributed by atoms with E-state index in [9.17, 15) is 14.4 Å². The normalized spacial score (nSPS) is 15.3. The fourth-order valence-corrected chi connectivity index (χ4v) is 4.15. The fraction of sp³-hybridized carbons (Fsp3) is 0.679. The molecule has 0 bridgehead atoms. The zero-order valence-corrected chi connectivity index (χ0v) is 22.9. The van der Waals surface area contributed by atoms with Crippen LogP contribution < -0.4 is 10.6 Å². The molecule has 7 heteroatoms. The van der Waals surface area contributed by atoms with Crippen LogP contribution in [0.25, 0.3) is 0 Å². The highest BCUT2D eigenvalue weighted by Crippen LogP contribution is 2.37. The van der Waals surface area contributed by atoms with Gasteiger partial charge < -0.3 is 20.3 Å². The molecule has 0 radical (unpaired) electrons. The van der Waals surface area contributed by atoms with E-state index in [2.05, 4.69) is 17.6 Å². The van der Waals surface area contributed by atoms with E-state index in [1.165, 1.54) is 0 Å². The number of hydrogen-bond acceptors (Lipinski definition) is 4. The first kappa shape index (κ1) is 28.7. The van der Waals surface area contributed by atoms with Crippen molar-refractivity contribution >= 4 is 17.9 Å². The molecule has 0 saturated heterocycles. The number of nitrogens with one attached hydrogen (secondary N) is 2. The molecule has 1 aliphatic rings. The molecule has 1 aromatic rings. The highest BCUT2D eigenvalue weighted by atomic mass is 16.6. The second kappa shape index (κ2) is 12.4. The number of carbonyl (C=O) groups excluding carboxylic acids is 3. The molecule has 1 aliphatic carbocycles. The summed E-state index contributed by atoms with van der Waals surface area (Å²) >= 11 is 0. The number of carbonyl (C=O) groups is 3. The number of unbranched alkanes of at least 4 members (excludes halogenated alkanes) is 2. The monoisotopic (exact) mass is 487 g/mol. The van der Waals surface area contributed by atoms with Crippen molar-refractivity contribution in [1.82, 2.24) is 15.5 Å². The van der Waals surface area contributed by atoms with Crippen molar-refractivity contribution in [1.29, 1.82) is 0 Å². The highest BCUT2D eigenvalue weighted by Gasteiger charge is 2.45. The van der Waals surface area contributed by atoms with Gasteiger partial charge in [0, 0.05) is 12.6 Å².